The first-order valence-electron chi connectivity index (χ1n) is 7.58. The molecule has 20 heavy (non-hydrogen) atoms. The molecule has 1 aromatic rings. The summed E-state index contributed by atoms with van der Waals surface area (Å²) >= 11 is 3.53. The van der Waals surface area contributed by atoms with Gasteiger partial charge >= 0.3 is 0 Å². The summed E-state index contributed by atoms with van der Waals surface area (Å²) in [5.74, 6) is 0.459. The summed E-state index contributed by atoms with van der Waals surface area (Å²) in [7, 11) is 0. The van der Waals surface area contributed by atoms with Crippen LogP contribution < -0.4 is 0 Å². The molecule has 1 N–H and O–H groups in total. The van der Waals surface area contributed by atoms with Crippen molar-refractivity contribution >= 4 is 15.9 Å². The van der Waals surface area contributed by atoms with Crippen molar-refractivity contribution in [3.8, 4) is 5.75 Å². The van der Waals surface area contributed by atoms with Crippen molar-refractivity contribution in [1.82, 2.24) is 9.80 Å². The number of benzene rings is 1. The van der Waals surface area contributed by atoms with Gasteiger partial charge in [-0.15, -0.1) is 0 Å². The quantitative estimate of drug-likeness (QED) is 0.897. The molecule has 0 amide bonds. The second kappa shape index (κ2) is 6.04. The first-order chi connectivity index (χ1) is 9.63. The second-order valence-corrected chi connectivity index (χ2v) is 7.07. The molecule has 3 nitrogen and oxygen atoms in total. The van der Waals surface area contributed by atoms with Gasteiger partial charge in [0.25, 0.3) is 0 Å². The molecule has 3 rings (SSSR count). The van der Waals surface area contributed by atoms with Crippen molar-refractivity contribution in [3.63, 3.8) is 0 Å². The maximum Gasteiger partial charge on any atom is 0.123 e. The molecule has 0 radical (unpaired) electrons. The molecule has 2 saturated heterocycles. The van der Waals surface area contributed by atoms with Gasteiger partial charge < -0.3 is 5.11 Å². The number of aromatic hydroxyl groups is 1. The smallest absolute Gasteiger partial charge is 0.123 e. The zero-order chi connectivity index (χ0) is 14.1. The number of aryl methyl sites for hydroxylation is 1. The largest absolute Gasteiger partial charge is 0.507 e. The number of phenolic OH excluding ortho intramolecular Hbond substituents is 1. The van der Waals surface area contributed by atoms with E-state index in [-0.39, 0.29) is 0 Å². The van der Waals surface area contributed by atoms with Crippen LogP contribution >= 0.6 is 15.9 Å². The molecule has 0 aliphatic carbocycles. The molecule has 2 aliphatic heterocycles. The Hall–Kier alpha value is -0.580. The van der Waals surface area contributed by atoms with Crippen LogP contribution in [0.4, 0.5) is 0 Å². The van der Waals surface area contributed by atoms with Crippen molar-refractivity contribution in [2.45, 2.75) is 38.8 Å². The molecule has 1 aromatic carbocycles. The minimum atomic E-state index is 0.459. The van der Waals surface area contributed by atoms with Crippen molar-refractivity contribution < 1.29 is 5.11 Å². The number of phenols is 1. The van der Waals surface area contributed by atoms with Crippen LogP contribution in [-0.4, -0.2) is 47.1 Å². The van der Waals surface area contributed by atoms with Crippen molar-refractivity contribution in [2.24, 2.45) is 0 Å². The monoisotopic (exact) mass is 338 g/mol. The van der Waals surface area contributed by atoms with Crippen LogP contribution in [0.2, 0.25) is 0 Å². The van der Waals surface area contributed by atoms with E-state index >= 15 is 0 Å². The lowest BCUT2D eigenvalue weighted by molar-refractivity contribution is 0.214. The maximum atomic E-state index is 10.3. The van der Waals surface area contributed by atoms with Gasteiger partial charge in [-0.3, -0.25) is 9.80 Å². The van der Waals surface area contributed by atoms with E-state index in [9.17, 15) is 5.11 Å². The molecule has 2 aliphatic rings. The molecule has 0 spiro atoms. The maximum absolute atomic E-state index is 10.3. The summed E-state index contributed by atoms with van der Waals surface area (Å²) in [6.07, 6.45) is 3.92. The van der Waals surface area contributed by atoms with Crippen LogP contribution in [0.3, 0.4) is 0 Å². The first kappa shape index (κ1) is 14.4. The Morgan fingerprint density at radius 2 is 2.05 bits per heavy atom. The highest BCUT2D eigenvalue weighted by Crippen LogP contribution is 2.29. The highest BCUT2D eigenvalue weighted by molar-refractivity contribution is 9.10. The Bertz CT molecular complexity index is 492. The summed E-state index contributed by atoms with van der Waals surface area (Å²) in [4.78, 5) is 5.16. The Morgan fingerprint density at radius 3 is 2.90 bits per heavy atom. The number of hydrogen-bond acceptors (Lipinski definition) is 3. The summed E-state index contributed by atoms with van der Waals surface area (Å²) in [6.45, 7) is 7.62. The highest BCUT2D eigenvalue weighted by Gasteiger charge is 2.28. The zero-order valence-electron chi connectivity index (χ0n) is 12.1. The fraction of sp³-hybridized carbons (Fsp3) is 0.625. The number of fused-ring (bicyclic) bond motifs is 1. The van der Waals surface area contributed by atoms with E-state index in [4.69, 9.17) is 0 Å². The van der Waals surface area contributed by atoms with E-state index in [1.165, 1.54) is 32.4 Å². The van der Waals surface area contributed by atoms with E-state index in [1.807, 2.05) is 13.0 Å². The molecule has 2 fully saturated rings. The van der Waals surface area contributed by atoms with Crippen LogP contribution in [0.25, 0.3) is 0 Å². The number of halogens is 1. The van der Waals surface area contributed by atoms with Crippen LogP contribution in [0.15, 0.2) is 16.6 Å². The molecular weight excluding hydrogens is 316 g/mol. The van der Waals surface area contributed by atoms with Gasteiger partial charge in [-0.1, -0.05) is 15.9 Å². The fourth-order valence-corrected chi connectivity index (χ4v) is 4.21. The van der Waals surface area contributed by atoms with Gasteiger partial charge in [-0.05, 0) is 63.5 Å². The van der Waals surface area contributed by atoms with E-state index < -0.39 is 0 Å². The molecule has 1 unspecified atom stereocenters. The second-order valence-electron chi connectivity index (χ2n) is 6.15. The Labute approximate surface area is 129 Å². The lowest BCUT2D eigenvalue weighted by atomic mass is 10.1. The lowest BCUT2D eigenvalue weighted by Crippen LogP contribution is -2.36. The van der Waals surface area contributed by atoms with Gasteiger partial charge in [-0.25, -0.2) is 0 Å². The molecule has 4 heteroatoms. The average Bonchev–Trinajstić information content (AvgIpc) is 2.74. The zero-order valence-corrected chi connectivity index (χ0v) is 13.7. The van der Waals surface area contributed by atoms with Gasteiger partial charge in [-0.2, -0.15) is 0 Å². The molecule has 0 aromatic heterocycles. The van der Waals surface area contributed by atoms with E-state index in [2.05, 4.69) is 31.8 Å². The third-order valence-corrected chi connectivity index (χ3v) is 5.08. The lowest BCUT2D eigenvalue weighted by Gasteiger charge is -2.26. The normalized spacial score (nSPS) is 24.6. The van der Waals surface area contributed by atoms with Crippen molar-refractivity contribution in [2.75, 3.05) is 26.2 Å². The Balaban J connectivity index is 1.74. The summed E-state index contributed by atoms with van der Waals surface area (Å²) in [5.41, 5.74) is 2.00. The van der Waals surface area contributed by atoms with Crippen molar-refractivity contribution in [1.29, 1.82) is 0 Å². The molecule has 1 atom stereocenters. The highest BCUT2D eigenvalue weighted by atomic mass is 79.9. The molecule has 2 heterocycles. The third kappa shape index (κ3) is 3.02. The predicted molar refractivity (Wildman–Crippen MR) is 85.0 cm³/mol. The Kier molecular flexibility index (Phi) is 4.34. The van der Waals surface area contributed by atoms with Crippen LogP contribution in [0.5, 0.6) is 5.75 Å². The van der Waals surface area contributed by atoms with Gasteiger partial charge in [0.1, 0.15) is 5.75 Å². The van der Waals surface area contributed by atoms with E-state index in [0.717, 1.165) is 41.3 Å². The van der Waals surface area contributed by atoms with Crippen LogP contribution in [-0.2, 0) is 6.54 Å². The van der Waals surface area contributed by atoms with Gasteiger partial charge in [0.2, 0.25) is 0 Å². The van der Waals surface area contributed by atoms with E-state index in [1.54, 1.807) is 0 Å². The van der Waals surface area contributed by atoms with Crippen molar-refractivity contribution in [3.05, 3.63) is 27.7 Å². The molecule has 0 bridgehead atoms. The number of rotatable bonds is 2. The average molecular weight is 339 g/mol. The van der Waals surface area contributed by atoms with Crippen LogP contribution in [0, 0.1) is 6.92 Å². The van der Waals surface area contributed by atoms with Gasteiger partial charge in [0.15, 0.2) is 0 Å². The topological polar surface area (TPSA) is 26.7 Å². The standard InChI is InChI=1S/C16H23BrN2O/c1-12-8-14(17)9-13(16(12)20)10-18-5-3-7-19-6-2-4-15(19)11-18/h8-9,15,20H,2-7,10-11H2,1H3. The van der Waals surface area contributed by atoms with Crippen LogP contribution in [0.1, 0.15) is 30.4 Å². The SMILES string of the molecule is Cc1cc(Br)cc(CN2CCCN3CCCC3C2)c1O. The Morgan fingerprint density at radius 1 is 1.25 bits per heavy atom. The molecule has 0 saturated carbocycles. The molecule has 110 valence electrons. The van der Waals surface area contributed by atoms with Gasteiger partial charge in [0.05, 0.1) is 0 Å². The van der Waals surface area contributed by atoms with Gasteiger partial charge in [0, 0.05) is 29.2 Å². The molecular formula is C16H23BrN2O. The minimum Gasteiger partial charge on any atom is -0.507 e. The third-order valence-electron chi connectivity index (χ3n) is 4.63. The number of hydrogen-bond donors (Lipinski definition) is 1. The fourth-order valence-electron chi connectivity index (χ4n) is 3.59. The first-order valence-corrected chi connectivity index (χ1v) is 8.37. The summed E-state index contributed by atoms with van der Waals surface area (Å²) in [6, 6.07) is 4.76. The number of nitrogens with zero attached hydrogens (tertiary/aromatic N) is 2. The minimum absolute atomic E-state index is 0.459. The predicted octanol–water partition coefficient (Wildman–Crippen LogP) is 3.13. The summed E-state index contributed by atoms with van der Waals surface area (Å²) in [5, 5.41) is 10.3. The van der Waals surface area contributed by atoms with E-state index in [0.29, 0.717) is 5.75 Å². The summed E-state index contributed by atoms with van der Waals surface area (Å²) < 4.78 is 1.06.